The smallest absolute Gasteiger partial charge is 0.174 e. The van der Waals surface area contributed by atoms with Gasteiger partial charge in [0.15, 0.2) is 5.82 Å². The zero-order chi connectivity index (χ0) is 15.8. The Morgan fingerprint density at radius 2 is 2.09 bits per heavy atom. The number of nitrogens with zero attached hydrogens (tertiary/aromatic N) is 4. The maximum Gasteiger partial charge on any atom is 0.174 e. The van der Waals surface area contributed by atoms with Gasteiger partial charge in [0.1, 0.15) is 18.2 Å². The molecule has 0 aliphatic carbocycles. The quantitative estimate of drug-likeness (QED) is 0.806. The van der Waals surface area contributed by atoms with Crippen LogP contribution in [0.5, 0.6) is 5.75 Å². The van der Waals surface area contributed by atoms with Gasteiger partial charge in [0, 0.05) is 11.3 Å². The number of benzene rings is 1. The SMILES string of the molecule is Cc1cc(C)n(-c2cncc(NC3COc4ccccc43)n2)n1. The molecule has 3 heterocycles. The van der Waals surface area contributed by atoms with Crippen molar-refractivity contribution in [1.82, 2.24) is 19.7 Å². The monoisotopic (exact) mass is 307 g/mol. The molecule has 1 atom stereocenters. The van der Waals surface area contributed by atoms with Crippen molar-refractivity contribution in [2.45, 2.75) is 19.9 Å². The standard InChI is InChI=1S/C17H17N5O/c1-11-7-12(2)22(21-11)17-9-18-8-16(20-17)19-14-10-23-15-6-4-3-5-13(14)15/h3-9,14H,10H2,1-2H3,(H,19,20). The Labute approximate surface area is 134 Å². The summed E-state index contributed by atoms with van der Waals surface area (Å²) in [7, 11) is 0. The first-order valence-corrected chi connectivity index (χ1v) is 7.54. The van der Waals surface area contributed by atoms with Crippen LogP contribution in [0, 0.1) is 13.8 Å². The Morgan fingerprint density at radius 1 is 1.22 bits per heavy atom. The highest BCUT2D eigenvalue weighted by molar-refractivity contribution is 5.46. The minimum Gasteiger partial charge on any atom is -0.491 e. The van der Waals surface area contributed by atoms with Gasteiger partial charge in [0.05, 0.1) is 24.1 Å². The second-order valence-corrected chi connectivity index (χ2v) is 5.65. The molecule has 6 nitrogen and oxygen atoms in total. The lowest BCUT2D eigenvalue weighted by Crippen LogP contribution is -2.14. The van der Waals surface area contributed by atoms with Crippen molar-refractivity contribution in [3.8, 4) is 11.6 Å². The third-order valence-corrected chi connectivity index (χ3v) is 3.87. The first-order chi connectivity index (χ1) is 11.2. The van der Waals surface area contributed by atoms with Crippen molar-refractivity contribution in [2.75, 3.05) is 11.9 Å². The van der Waals surface area contributed by atoms with Crippen LogP contribution in [0.3, 0.4) is 0 Å². The predicted octanol–water partition coefficient (Wildman–Crippen LogP) is 2.82. The van der Waals surface area contributed by atoms with E-state index in [2.05, 4.69) is 26.4 Å². The lowest BCUT2D eigenvalue weighted by Gasteiger charge is -2.13. The summed E-state index contributed by atoms with van der Waals surface area (Å²) in [6, 6.07) is 10.1. The molecule has 1 aromatic carbocycles. The highest BCUT2D eigenvalue weighted by Gasteiger charge is 2.23. The number of aryl methyl sites for hydroxylation is 2. The summed E-state index contributed by atoms with van der Waals surface area (Å²) in [5.74, 6) is 2.33. The third-order valence-electron chi connectivity index (χ3n) is 3.87. The van der Waals surface area contributed by atoms with Gasteiger partial charge >= 0.3 is 0 Å². The van der Waals surface area contributed by atoms with Crippen molar-refractivity contribution < 1.29 is 4.74 Å². The van der Waals surface area contributed by atoms with E-state index in [1.54, 1.807) is 17.1 Å². The molecule has 1 aliphatic heterocycles. The maximum absolute atomic E-state index is 5.69. The van der Waals surface area contributed by atoms with Gasteiger partial charge < -0.3 is 10.1 Å². The van der Waals surface area contributed by atoms with Gasteiger partial charge in [-0.3, -0.25) is 4.98 Å². The zero-order valence-corrected chi connectivity index (χ0v) is 13.0. The van der Waals surface area contributed by atoms with Crippen LogP contribution in [0.1, 0.15) is 23.0 Å². The topological polar surface area (TPSA) is 64.9 Å². The van der Waals surface area contributed by atoms with Crippen molar-refractivity contribution in [3.63, 3.8) is 0 Å². The van der Waals surface area contributed by atoms with Crippen LogP contribution in [0.4, 0.5) is 5.82 Å². The van der Waals surface area contributed by atoms with Gasteiger partial charge in [-0.25, -0.2) is 9.67 Å². The van der Waals surface area contributed by atoms with E-state index in [0.717, 1.165) is 22.7 Å². The van der Waals surface area contributed by atoms with Gasteiger partial charge in [-0.2, -0.15) is 5.10 Å². The fourth-order valence-corrected chi connectivity index (χ4v) is 2.85. The minimum atomic E-state index is 0.0798. The van der Waals surface area contributed by atoms with Crippen LogP contribution >= 0.6 is 0 Å². The summed E-state index contributed by atoms with van der Waals surface area (Å²) >= 11 is 0. The predicted molar refractivity (Wildman–Crippen MR) is 86.9 cm³/mol. The van der Waals surface area contributed by atoms with Gasteiger partial charge in [-0.05, 0) is 26.0 Å². The Hall–Kier alpha value is -2.89. The van der Waals surface area contributed by atoms with Crippen LogP contribution in [-0.4, -0.2) is 26.4 Å². The highest BCUT2D eigenvalue weighted by Crippen LogP contribution is 2.33. The summed E-state index contributed by atoms with van der Waals surface area (Å²) in [6.45, 7) is 4.56. The number of para-hydroxylation sites is 1. The molecule has 0 saturated heterocycles. The zero-order valence-electron chi connectivity index (χ0n) is 13.0. The largest absolute Gasteiger partial charge is 0.491 e. The van der Waals surface area contributed by atoms with Crippen LogP contribution in [0.15, 0.2) is 42.7 Å². The number of hydrogen-bond acceptors (Lipinski definition) is 5. The van der Waals surface area contributed by atoms with Crippen LogP contribution < -0.4 is 10.1 Å². The van der Waals surface area contributed by atoms with Gasteiger partial charge in [0.2, 0.25) is 0 Å². The Bertz CT molecular complexity index is 858. The lowest BCUT2D eigenvalue weighted by atomic mass is 10.1. The average Bonchev–Trinajstić information content (AvgIpc) is 3.11. The molecule has 1 unspecified atom stereocenters. The number of fused-ring (bicyclic) bond motifs is 1. The number of ether oxygens (including phenoxy) is 1. The molecule has 116 valence electrons. The number of anilines is 1. The third kappa shape index (κ3) is 2.52. The van der Waals surface area contributed by atoms with E-state index in [-0.39, 0.29) is 6.04 Å². The number of rotatable bonds is 3. The molecule has 2 aromatic heterocycles. The maximum atomic E-state index is 5.69. The fourth-order valence-electron chi connectivity index (χ4n) is 2.85. The first-order valence-electron chi connectivity index (χ1n) is 7.54. The van der Waals surface area contributed by atoms with E-state index in [1.807, 2.05) is 38.1 Å². The van der Waals surface area contributed by atoms with Crippen LogP contribution in [-0.2, 0) is 0 Å². The van der Waals surface area contributed by atoms with Crippen molar-refractivity contribution in [3.05, 3.63) is 59.7 Å². The summed E-state index contributed by atoms with van der Waals surface area (Å²) in [5.41, 5.74) is 3.13. The van der Waals surface area contributed by atoms with E-state index < -0.39 is 0 Å². The number of aromatic nitrogens is 4. The summed E-state index contributed by atoms with van der Waals surface area (Å²) < 4.78 is 7.49. The van der Waals surface area contributed by atoms with E-state index in [9.17, 15) is 0 Å². The van der Waals surface area contributed by atoms with Gasteiger partial charge in [-0.1, -0.05) is 18.2 Å². The lowest BCUT2D eigenvalue weighted by molar-refractivity contribution is 0.339. The Morgan fingerprint density at radius 3 is 2.91 bits per heavy atom. The fraction of sp³-hybridized carbons (Fsp3) is 0.235. The molecular weight excluding hydrogens is 290 g/mol. The highest BCUT2D eigenvalue weighted by atomic mass is 16.5. The second kappa shape index (κ2) is 5.39. The second-order valence-electron chi connectivity index (χ2n) is 5.65. The Balaban J connectivity index is 1.62. The van der Waals surface area contributed by atoms with E-state index in [1.165, 1.54) is 0 Å². The molecule has 23 heavy (non-hydrogen) atoms. The first kappa shape index (κ1) is 13.8. The number of hydrogen-bond donors (Lipinski definition) is 1. The molecular formula is C17H17N5O. The van der Waals surface area contributed by atoms with Crippen molar-refractivity contribution in [2.24, 2.45) is 0 Å². The molecule has 0 radical (unpaired) electrons. The van der Waals surface area contributed by atoms with Gasteiger partial charge in [-0.15, -0.1) is 0 Å². The van der Waals surface area contributed by atoms with Gasteiger partial charge in [0.25, 0.3) is 0 Å². The minimum absolute atomic E-state index is 0.0798. The average molecular weight is 307 g/mol. The molecule has 0 bridgehead atoms. The molecule has 0 saturated carbocycles. The summed E-state index contributed by atoms with van der Waals surface area (Å²) in [5, 5.41) is 7.84. The number of nitrogens with one attached hydrogen (secondary N) is 1. The molecule has 6 heteroatoms. The molecule has 0 fully saturated rings. The van der Waals surface area contributed by atoms with E-state index in [0.29, 0.717) is 18.2 Å². The molecule has 3 aromatic rings. The normalized spacial score (nSPS) is 16.0. The van der Waals surface area contributed by atoms with Crippen LogP contribution in [0.2, 0.25) is 0 Å². The molecule has 1 N–H and O–H groups in total. The molecule has 4 rings (SSSR count). The summed E-state index contributed by atoms with van der Waals surface area (Å²) in [4.78, 5) is 8.91. The van der Waals surface area contributed by atoms with Crippen LogP contribution in [0.25, 0.3) is 5.82 Å². The van der Waals surface area contributed by atoms with E-state index in [4.69, 9.17) is 4.74 Å². The molecule has 0 spiro atoms. The molecule has 0 amide bonds. The van der Waals surface area contributed by atoms with Crippen molar-refractivity contribution >= 4 is 5.82 Å². The summed E-state index contributed by atoms with van der Waals surface area (Å²) in [6.07, 6.45) is 3.43. The van der Waals surface area contributed by atoms with E-state index >= 15 is 0 Å². The Kier molecular flexibility index (Phi) is 3.22. The molecule has 1 aliphatic rings. The van der Waals surface area contributed by atoms with Crippen molar-refractivity contribution in [1.29, 1.82) is 0 Å².